The average Bonchev–Trinajstić information content (AvgIpc) is 3.04. The van der Waals surface area contributed by atoms with Crippen LogP contribution in [0.5, 0.6) is 0 Å². The first kappa shape index (κ1) is 18.1. The second-order valence-corrected chi connectivity index (χ2v) is 7.27. The van der Waals surface area contributed by atoms with Crippen molar-refractivity contribution in [3.8, 4) is 11.4 Å². The lowest BCUT2D eigenvalue weighted by Crippen LogP contribution is -2.12. The summed E-state index contributed by atoms with van der Waals surface area (Å²) in [5.41, 5.74) is 4.16. The van der Waals surface area contributed by atoms with Gasteiger partial charge in [0.2, 0.25) is 5.91 Å². The smallest absolute Gasteiger partial charge is 0.225 e. The Hall–Kier alpha value is -2.67. The Bertz CT molecular complexity index is 922. The molecule has 1 N–H and O–H groups in total. The number of tetrazole rings is 1. The predicted octanol–water partition coefficient (Wildman–Crippen LogP) is 3.61. The Kier molecular flexibility index (Phi) is 5.68. The highest BCUT2D eigenvalue weighted by Gasteiger charge is 2.08. The summed E-state index contributed by atoms with van der Waals surface area (Å²) >= 11 is 1.69. The molecule has 0 atom stereocenters. The summed E-state index contributed by atoms with van der Waals surface area (Å²) in [6.45, 7) is 4.20. The Morgan fingerprint density at radius 3 is 2.73 bits per heavy atom. The van der Waals surface area contributed by atoms with E-state index in [0.29, 0.717) is 12.2 Å². The molecule has 0 aliphatic rings. The number of aromatic nitrogens is 4. The molecule has 0 aliphatic heterocycles. The van der Waals surface area contributed by atoms with Crippen LogP contribution < -0.4 is 5.32 Å². The second-order valence-electron chi connectivity index (χ2n) is 6.10. The van der Waals surface area contributed by atoms with Gasteiger partial charge in [-0.3, -0.25) is 4.79 Å². The zero-order valence-electron chi connectivity index (χ0n) is 15.1. The Morgan fingerprint density at radius 2 is 2.00 bits per heavy atom. The first-order valence-electron chi connectivity index (χ1n) is 8.35. The van der Waals surface area contributed by atoms with Gasteiger partial charge in [0, 0.05) is 35.4 Å². The first-order valence-corrected chi connectivity index (χ1v) is 9.34. The first-order chi connectivity index (χ1) is 12.5. The molecule has 1 amide bonds. The van der Waals surface area contributed by atoms with Gasteiger partial charge in [-0.2, -0.15) is 0 Å². The van der Waals surface area contributed by atoms with Crippen LogP contribution in [0.25, 0.3) is 11.4 Å². The van der Waals surface area contributed by atoms with Crippen molar-refractivity contribution in [3.05, 3.63) is 53.6 Å². The number of rotatable bonds is 6. The molecular weight excluding hydrogens is 346 g/mol. The monoisotopic (exact) mass is 367 g/mol. The van der Waals surface area contributed by atoms with Crippen molar-refractivity contribution < 1.29 is 4.79 Å². The lowest BCUT2D eigenvalue weighted by Gasteiger charge is -2.08. The SMILES string of the molecule is Cc1ccc(SCCC(=O)Nc2cccc(-c3nnnn3C)c2)cc1C. The largest absolute Gasteiger partial charge is 0.326 e. The standard InChI is InChI=1S/C19H21N5OS/c1-13-7-8-17(11-14(13)2)26-10-9-18(25)20-16-6-4-5-15(12-16)19-21-22-23-24(19)3/h4-8,11-12H,9-10H2,1-3H3,(H,20,25). The maximum Gasteiger partial charge on any atom is 0.225 e. The van der Waals surface area contributed by atoms with E-state index in [9.17, 15) is 4.79 Å². The quantitative estimate of drug-likeness (QED) is 0.674. The third-order valence-corrected chi connectivity index (χ3v) is 5.10. The predicted molar refractivity (Wildman–Crippen MR) is 104 cm³/mol. The van der Waals surface area contributed by atoms with Gasteiger partial charge in [0.05, 0.1) is 0 Å². The maximum absolute atomic E-state index is 12.2. The number of hydrogen-bond donors (Lipinski definition) is 1. The van der Waals surface area contributed by atoms with E-state index < -0.39 is 0 Å². The minimum absolute atomic E-state index is 0.00502. The molecule has 1 heterocycles. The summed E-state index contributed by atoms with van der Waals surface area (Å²) in [5, 5.41) is 14.4. The molecule has 3 rings (SSSR count). The van der Waals surface area contributed by atoms with Crippen molar-refractivity contribution in [2.45, 2.75) is 25.2 Å². The van der Waals surface area contributed by atoms with E-state index >= 15 is 0 Å². The fourth-order valence-corrected chi connectivity index (χ4v) is 3.45. The van der Waals surface area contributed by atoms with Crippen LogP contribution in [0.15, 0.2) is 47.4 Å². The second kappa shape index (κ2) is 8.14. The van der Waals surface area contributed by atoms with Gasteiger partial charge >= 0.3 is 0 Å². The number of benzene rings is 2. The van der Waals surface area contributed by atoms with E-state index in [1.54, 1.807) is 23.5 Å². The molecule has 2 aromatic carbocycles. The maximum atomic E-state index is 12.2. The highest BCUT2D eigenvalue weighted by Crippen LogP contribution is 2.23. The topological polar surface area (TPSA) is 72.7 Å². The van der Waals surface area contributed by atoms with Crippen LogP contribution in [-0.2, 0) is 11.8 Å². The van der Waals surface area contributed by atoms with Gasteiger partial charge in [0.1, 0.15) is 0 Å². The lowest BCUT2D eigenvalue weighted by atomic mass is 10.1. The van der Waals surface area contributed by atoms with Crippen LogP contribution in [0.3, 0.4) is 0 Å². The van der Waals surface area contributed by atoms with Crippen molar-refractivity contribution >= 4 is 23.4 Å². The minimum Gasteiger partial charge on any atom is -0.326 e. The van der Waals surface area contributed by atoms with Crippen molar-refractivity contribution in [1.29, 1.82) is 0 Å². The Balaban J connectivity index is 1.55. The molecular formula is C19H21N5OS. The summed E-state index contributed by atoms with van der Waals surface area (Å²) in [7, 11) is 1.78. The molecule has 1 aromatic heterocycles. The number of hydrogen-bond acceptors (Lipinski definition) is 5. The average molecular weight is 367 g/mol. The summed E-state index contributed by atoms with van der Waals surface area (Å²) in [4.78, 5) is 13.4. The van der Waals surface area contributed by atoms with Crippen LogP contribution in [0.1, 0.15) is 17.5 Å². The normalized spacial score (nSPS) is 10.7. The lowest BCUT2D eigenvalue weighted by molar-refractivity contribution is -0.115. The summed E-state index contributed by atoms with van der Waals surface area (Å²) in [6.07, 6.45) is 0.452. The highest BCUT2D eigenvalue weighted by atomic mass is 32.2. The van der Waals surface area contributed by atoms with Crippen molar-refractivity contribution in [1.82, 2.24) is 20.2 Å². The van der Waals surface area contributed by atoms with Crippen molar-refractivity contribution in [2.75, 3.05) is 11.1 Å². The van der Waals surface area contributed by atoms with Crippen LogP contribution in [-0.4, -0.2) is 31.9 Å². The number of thioether (sulfide) groups is 1. The highest BCUT2D eigenvalue weighted by molar-refractivity contribution is 7.99. The van der Waals surface area contributed by atoms with Gasteiger partial charge in [-0.1, -0.05) is 18.2 Å². The van der Waals surface area contributed by atoms with E-state index in [1.807, 2.05) is 24.3 Å². The molecule has 0 radical (unpaired) electrons. The zero-order valence-corrected chi connectivity index (χ0v) is 15.9. The van der Waals surface area contributed by atoms with Gasteiger partial charge in [-0.15, -0.1) is 16.9 Å². The molecule has 26 heavy (non-hydrogen) atoms. The fourth-order valence-electron chi connectivity index (χ4n) is 2.50. The third kappa shape index (κ3) is 4.49. The molecule has 0 saturated heterocycles. The molecule has 134 valence electrons. The van der Waals surface area contributed by atoms with E-state index in [4.69, 9.17) is 0 Å². The van der Waals surface area contributed by atoms with Crippen LogP contribution in [0.2, 0.25) is 0 Å². The summed E-state index contributed by atoms with van der Waals surface area (Å²) in [6, 6.07) is 13.9. The van der Waals surface area contributed by atoms with E-state index in [0.717, 1.165) is 17.0 Å². The zero-order chi connectivity index (χ0) is 18.5. The van der Waals surface area contributed by atoms with Gasteiger partial charge in [0.15, 0.2) is 5.82 Å². The number of nitrogens with zero attached hydrogens (tertiary/aromatic N) is 4. The minimum atomic E-state index is -0.00502. The molecule has 0 bridgehead atoms. The molecule has 0 spiro atoms. The van der Waals surface area contributed by atoms with E-state index in [2.05, 4.69) is 52.9 Å². The molecule has 0 aliphatic carbocycles. The van der Waals surface area contributed by atoms with Crippen molar-refractivity contribution in [2.24, 2.45) is 7.05 Å². The molecule has 0 fully saturated rings. The summed E-state index contributed by atoms with van der Waals surface area (Å²) in [5.74, 6) is 1.39. The van der Waals surface area contributed by atoms with Gasteiger partial charge < -0.3 is 5.32 Å². The molecule has 0 unspecified atom stereocenters. The molecule has 6 nitrogen and oxygen atoms in total. The Labute approximate surface area is 157 Å². The summed E-state index contributed by atoms with van der Waals surface area (Å²) < 4.78 is 1.60. The van der Waals surface area contributed by atoms with Gasteiger partial charge in [-0.25, -0.2) is 4.68 Å². The molecule has 7 heteroatoms. The molecule has 3 aromatic rings. The van der Waals surface area contributed by atoms with E-state index in [1.165, 1.54) is 16.0 Å². The fraction of sp³-hybridized carbons (Fsp3) is 0.263. The Morgan fingerprint density at radius 1 is 1.15 bits per heavy atom. The van der Waals surface area contributed by atoms with Crippen molar-refractivity contribution in [3.63, 3.8) is 0 Å². The molecule has 0 saturated carbocycles. The van der Waals surface area contributed by atoms with E-state index in [-0.39, 0.29) is 5.91 Å². The third-order valence-electron chi connectivity index (χ3n) is 4.10. The number of carbonyl (C=O) groups excluding carboxylic acids is 1. The number of amides is 1. The van der Waals surface area contributed by atoms with Crippen LogP contribution >= 0.6 is 11.8 Å². The number of carbonyl (C=O) groups is 1. The number of aryl methyl sites for hydroxylation is 3. The van der Waals surface area contributed by atoms with Gasteiger partial charge in [0.25, 0.3) is 0 Å². The van der Waals surface area contributed by atoms with Crippen LogP contribution in [0, 0.1) is 13.8 Å². The number of anilines is 1. The van der Waals surface area contributed by atoms with Crippen LogP contribution in [0.4, 0.5) is 5.69 Å². The number of nitrogens with one attached hydrogen (secondary N) is 1. The van der Waals surface area contributed by atoms with Gasteiger partial charge in [-0.05, 0) is 59.7 Å².